The Labute approximate surface area is 184 Å². The van der Waals surface area contributed by atoms with Crippen molar-refractivity contribution in [3.05, 3.63) is 69.7 Å². The van der Waals surface area contributed by atoms with E-state index in [1.54, 1.807) is 12.3 Å². The van der Waals surface area contributed by atoms with Crippen LogP contribution < -0.4 is 5.32 Å². The van der Waals surface area contributed by atoms with E-state index in [-0.39, 0.29) is 5.91 Å². The average Bonchev–Trinajstić information content (AvgIpc) is 3.37. The van der Waals surface area contributed by atoms with Gasteiger partial charge in [-0.15, -0.1) is 21.5 Å². The van der Waals surface area contributed by atoms with Crippen molar-refractivity contribution in [1.29, 1.82) is 0 Å². The molecule has 146 valence electrons. The Morgan fingerprint density at radius 2 is 2.03 bits per heavy atom. The molecular formula is C20H16IN5O2S. The predicted molar refractivity (Wildman–Crippen MR) is 120 cm³/mol. The Bertz CT molecular complexity index is 1140. The lowest BCUT2D eigenvalue weighted by molar-refractivity contribution is -0.114. The van der Waals surface area contributed by atoms with Gasteiger partial charge in [0.1, 0.15) is 18.2 Å². The standard InChI is InChI=1S/C20H16IN5O2S/c1-11(27)25-17-8-13(6-7-22-17)16-9-15(19(29-16)20-23-10-24-26-20)18(28)12-2-4-14(21)5-3-12/h2-10,18,28H,1H3,(H,22,25,27)(H,23,24,26). The van der Waals surface area contributed by atoms with Crippen LogP contribution in [0.3, 0.4) is 0 Å². The molecule has 1 atom stereocenters. The third-order valence-corrected chi connectivity index (χ3v) is 6.15. The van der Waals surface area contributed by atoms with E-state index in [1.807, 2.05) is 36.4 Å². The number of rotatable bonds is 5. The number of nitrogens with zero attached hydrogens (tertiary/aromatic N) is 3. The summed E-state index contributed by atoms with van der Waals surface area (Å²) in [5.74, 6) is 0.888. The monoisotopic (exact) mass is 517 g/mol. The van der Waals surface area contributed by atoms with Crippen molar-refractivity contribution in [3.8, 4) is 21.1 Å². The van der Waals surface area contributed by atoms with Gasteiger partial charge in [0.25, 0.3) is 0 Å². The van der Waals surface area contributed by atoms with Crippen LogP contribution in [0.5, 0.6) is 0 Å². The van der Waals surface area contributed by atoms with Crippen molar-refractivity contribution >= 4 is 45.7 Å². The zero-order chi connectivity index (χ0) is 20.4. The van der Waals surface area contributed by atoms with Crippen molar-refractivity contribution in [1.82, 2.24) is 20.2 Å². The number of pyridine rings is 1. The molecule has 0 spiro atoms. The van der Waals surface area contributed by atoms with Gasteiger partial charge < -0.3 is 15.4 Å². The number of amides is 1. The van der Waals surface area contributed by atoms with Crippen molar-refractivity contribution < 1.29 is 9.90 Å². The molecule has 29 heavy (non-hydrogen) atoms. The minimum Gasteiger partial charge on any atom is -0.384 e. The second-order valence-electron chi connectivity index (χ2n) is 6.30. The molecule has 1 amide bonds. The highest BCUT2D eigenvalue weighted by Gasteiger charge is 2.22. The number of aromatic nitrogens is 4. The quantitative estimate of drug-likeness (QED) is 0.344. The molecule has 9 heteroatoms. The number of benzene rings is 1. The summed E-state index contributed by atoms with van der Waals surface area (Å²) in [7, 11) is 0. The van der Waals surface area contributed by atoms with Gasteiger partial charge >= 0.3 is 0 Å². The van der Waals surface area contributed by atoms with E-state index in [2.05, 4.69) is 48.1 Å². The first-order valence-electron chi connectivity index (χ1n) is 8.69. The summed E-state index contributed by atoms with van der Waals surface area (Å²) in [6, 6.07) is 13.4. The van der Waals surface area contributed by atoms with Gasteiger partial charge in [-0.25, -0.2) is 4.98 Å². The molecule has 3 N–H and O–H groups in total. The fourth-order valence-electron chi connectivity index (χ4n) is 2.91. The van der Waals surface area contributed by atoms with Gasteiger partial charge in [0.15, 0.2) is 5.82 Å². The maximum absolute atomic E-state index is 11.3. The van der Waals surface area contributed by atoms with Crippen LogP contribution in [0, 0.1) is 3.57 Å². The van der Waals surface area contributed by atoms with Crippen molar-refractivity contribution in [2.24, 2.45) is 0 Å². The number of thiophene rings is 1. The number of aliphatic hydroxyl groups excluding tert-OH is 1. The molecule has 4 aromatic rings. The zero-order valence-corrected chi connectivity index (χ0v) is 18.2. The maximum Gasteiger partial charge on any atom is 0.222 e. The summed E-state index contributed by atoms with van der Waals surface area (Å²) in [4.78, 5) is 20.3. The Morgan fingerprint density at radius 1 is 1.24 bits per heavy atom. The number of carbonyl (C=O) groups excluding carboxylic acids is 1. The van der Waals surface area contributed by atoms with Crippen LogP contribution in [0.25, 0.3) is 21.1 Å². The van der Waals surface area contributed by atoms with Crippen LogP contribution in [0.15, 0.2) is 55.0 Å². The first-order valence-corrected chi connectivity index (χ1v) is 10.6. The largest absolute Gasteiger partial charge is 0.384 e. The molecule has 0 aliphatic rings. The normalized spacial score (nSPS) is 12.0. The van der Waals surface area contributed by atoms with Crippen LogP contribution in [0.4, 0.5) is 5.82 Å². The number of anilines is 1. The van der Waals surface area contributed by atoms with Gasteiger partial charge in [-0.2, -0.15) is 0 Å². The van der Waals surface area contributed by atoms with Gasteiger partial charge in [0.2, 0.25) is 5.91 Å². The second-order valence-corrected chi connectivity index (χ2v) is 8.60. The molecule has 3 aromatic heterocycles. The topological polar surface area (TPSA) is 104 Å². The second kappa shape index (κ2) is 8.39. The average molecular weight is 517 g/mol. The highest BCUT2D eigenvalue weighted by molar-refractivity contribution is 14.1. The Kier molecular flexibility index (Phi) is 5.69. The predicted octanol–water partition coefficient (Wildman–Crippen LogP) is 4.24. The molecule has 0 aliphatic heterocycles. The molecule has 0 radical (unpaired) electrons. The Balaban J connectivity index is 1.78. The number of halogens is 1. The molecule has 0 bridgehead atoms. The number of aliphatic hydroxyl groups is 1. The summed E-state index contributed by atoms with van der Waals surface area (Å²) < 4.78 is 1.10. The first kappa shape index (κ1) is 19.7. The summed E-state index contributed by atoms with van der Waals surface area (Å²) in [5, 5.41) is 21.8. The van der Waals surface area contributed by atoms with Crippen LogP contribution in [0.1, 0.15) is 24.2 Å². The van der Waals surface area contributed by atoms with Crippen molar-refractivity contribution in [2.75, 3.05) is 5.32 Å². The minimum atomic E-state index is -0.811. The van der Waals surface area contributed by atoms with Crippen molar-refractivity contribution in [2.45, 2.75) is 13.0 Å². The molecule has 3 heterocycles. The number of hydrogen-bond acceptors (Lipinski definition) is 6. The summed E-state index contributed by atoms with van der Waals surface area (Å²) in [6.45, 7) is 1.44. The van der Waals surface area contributed by atoms with Gasteiger partial charge in [0, 0.05) is 27.1 Å². The lowest BCUT2D eigenvalue weighted by Gasteiger charge is -2.11. The van der Waals surface area contributed by atoms with Crippen LogP contribution >= 0.6 is 33.9 Å². The SMILES string of the molecule is CC(=O)Nc1cc(-c2cc(C(O)c3ccc(I)cc3)c(-c3nnc[nH]3)s2)ccn1. The fraction of sp³-hybridized carbons (Fsp3) is 0.100. The maximum atomic E-state index is 11.3. The van der Waals surface area contributed by atoms with E-state index in [0.717, 1.165) is 30.0 Å². The summed E-state index contributed by atoms with van der Waals surface area (Å²) >= 11 is 3.72. The minimum absolute atomic E-state index is 0.182. The lowest BCUT2D eigenvalue weighted by Crippen LogP contribution is -2.07. The van der Waals surface area contributed by atoms with Gasteiger partial charge in [-0.05, 0) is 64.0 Å². The van der Waals surface area contributed by atoms with E-state index in [4.69, 9.17) is 0 Å². The molecule has 1 unspecified atom stereocenters. The molecule has 4 rings (SSSR count). The van der Waals surface area contributed by atoms with Crippen molar-refractivity contribution in [3.63, 3.8) is 0 Å². The third-order valence-electron chi connectivity index (χ3n) is 4.22. The Morgan fingerprint density at radius 3 is 2.72 bits per heavy atom. The van der Waals surface area contributed by atoms with E-state index < -0.39 is 6.10 Å². The fourth-order valence-corrected chi connectivity index (χ4v) is 4.40. The van der Waals surface area contributed by atoms with Crippen LogP contribution in [-0.2, 0) is 4.79 Å². The number of carbonyl (C=O) groups is 1. The van der Waals surface area contributed by atoms with Gasteiger partial charge in [-0.3, -0.25) is 4.79 Å². The molecule has 7 nitrogen and oxygen atoms in total. The lowest BCUT2D eigenvalue weighted by atomic mass is 10.0. The number of hydrogen-bond donors (Lipinski definition) is 3. The smallest absolute Gasteiger partial charge is 0.222 e. The molecule has 0 saturated heterocycles. The van der Waals surface area contributed by atoms with Gasteiger partial charge in [0.05, 0.1) is 4.88 Å². The van der Waals surface area contributed by atoms with Crippen LogP contribution in [-0.4, -0.2) is 31.2 Å². The summed E-state index contributed by atoms with van der Waals surface area (Å²) in [6.07, 6.45) is 2.34. The third kappa shape index (κ3) is 4.36. The van der Waals surface area contributed by atoms with E-state index >= 15 is 0 Å². The highest BCUT2D eigenvalue weighted by Crippen LogP contribution is 2.41. The Hall–Kier alpha value is -2.63. The van der Waals surface area contributed by atoms with E-state index in [0.29, 0.717) is 11.6 Å². The first-order chi connectivity index (χ1) is 14.0. The highest BCUT2D eigenvalue weighted by atomic mass is 127. The zero-order valence-electron chi connectivity index (χ0n) is 15.3. The van der Waals surface area contributed by atoms with E-state index in [9.17, 15) is 9.90 Å². The molecule has 1 aromatic carbocycles. The molecule has 0 fully saturated rings. The number of nitrogens with one attached hydrogen (secondary N) is 2. The molecule has 0 aliphatic carbocycles. The molecule has 0 saturated carbocycles. The number of H-pyrrole nitrogens is 1. The molecular weight excluding hydrogens is 501 g/mol. The summed E-state index contributed by atoms with van der Waals surface area (Å²) in [5.41, 5.74) is 2.42. The van der Waals surface area contributed by atoms with Gasteiger partial charge in [-0.1, -0.05) is 12.1 Å². The number of aromatic amines is 1. The van der Waals surface area contributed by atoms with E-state index in [1.165, 1.54) is 24.6 Å². The van der Waals surface area contributed by atoms with Crippen LogP contribution in [0.2, 0.25) is 0 Å².